The fourth-order valence-corrected chi connectivity index (χ4v) is 0.612. The molecule has 0 bridgehead atoms. The Bertz CT molecular complexity index is 192. The average molecular weight is 196 g/mol. The summed E-state index contributed by atoms with van der Waals surface area (Å²) in [6, 6.07) is 0. The first-order chi connectivity index (χ1) is 6.61. The molecule has 0 aliphatic rings. The van der Waals surface area contributed by atoms with E-state index in [2.05, 4.69) is 25.0 Å². The number of likely N-dealkylation sites (N-methyl/N-ethyl adjacent to an activating group) is 1. The fraction of sp³-hybridized carbons (Fsp3) is 0.500. The van der Waals surface area contributed by atoms with Crippen molar-refractivity contribution in [1.29, 1.82) is 0 Å². The molecule has 0 aliphatic heterocycles. The van der Waals surface area contributed by atoms with Crippen LogP contribution in [0.4, 0.5) is 0 Å². The Balaban J connectivity index is 0. The lowest BCUT2D eigenvalue weighted by atomic mass is 10.2. The van der Waals surface area contributed by atoms with E-state index < -0.39 is 0 Å². The van der Waals surface area contributed by atoms with Crippen LogP contribution in [-0.2, 0) is 0 Å². The smallest absolute Gasteiger partial charge is 0.0290 e. The third kappa shape index (κ3) is 7.62. The van der Waals surface area contributed by atoms with Gasteiger partial charge in [0.05, 0.1) is 0 Å². The van der Waals surface area contributed by atoms with Gasteiger partial charge in [0.2, 0.25) is 0 Å². The second kappa shape index (κ2) is 10.1. The van der Waals surface area contributed by atoms with Gasteiger partial charge in [0, 0.05) is 25.8 Å². The third-order valence-corrected chi connectivity index (χ3v) is 1.74. The summed E-state index contributed by atoms with van der Waals surface area (Å²) in [5, 5.41) is 0. The topological polar surface area (TPSA) is 29.3 Å². The zero-order chi connectivity index (χ0) is 11.6. The lowest BCUT2D eigenvalue weighted by molar-refractivity contribution is 0.458. The number of hydrogen-bond acceptors (Lipinski definition) is 2. The van der Waals surface area contributed by atoms with Crippen LogP contribution in [0.2, 0.25) is 0 Å². The standard InChI is InChI=1S/C10H18N2.C2H6/c1-5-12(4)10(3)7-6-9(2)8-11;1-2/h6-7H,2-3,5,8,11H2,1,4H3;1-2H3/b7-6-;. The third-order valence-electron chi connectivity index (χ3n) is 1.74. The molecular weight excluding hydrogens is 172 g/mol. The molecule has 0 heterocycles. The highest BCUT2D eigenvalue weighted by atomic mass is 15.1. The SMILES string of the molecule is C=C(/C=C\C(=C)N(C)CC)CN.CC. The zero-order valence-electron chi connectivity index (χ0n) is 10.0. The van der Waals surface area contributed by atoms with Crippen LogP contribution in [0.15, 0.2) is 36.6 Å². The van der Waals surface area contributed by atoms with Crippen LogP contribution in [0.1, 0.15) is 20.8 Å². The van der Waals surface area contributed by atoms with E-state index in [0.29, 0.717) is 6.54 Å². The van der Waals surface area contributed by atoms with Crippen LogP contribution in [0.3, 0.4) is 0 Å². The molecule has 0 spiro atoms. The molecule has 14 heavy (non-hydrogen) atoms. The predicted molar refractivity (Wildman–Crippen MR) is 66.1 cm³/mol. The van der Waals surface area contributed by atoms with Gasteiger partial charge >= 0.3 is 0 Å². The first kappa shape index (κ1) is 15.5. The van der Waals surface area contributed by atoms with Gasteiger partial charge in [-0.2, -0.15) is 0 Å². The Hall–Kier alpha value is -1.02. The van der Waals surface area contributed by atoms with Crippen molar-refractivity contribution in [2.45, 2.75) is 20.8 Å². The number of nitrogens with two attached hydrogens (primary N) is 1. The average Bonchev–Trinajstić information content (AvgIpc) is 2.26. The Labute approximate surface area is 88.8 Å². The maximum atomic E-state index is 5.37. The van der Waals surface area contributed by atoms with Gasteiger partial charge in [-0.15, -0.1) is 0 Å². The van der Waals surface area contributed by atoms with Crippen LogP contribution in [0.5, 0.6) is 0 Å². The minimum Gasteiger partial charge on any atom is -0.375 e. The summed E-state index contributed by atoms with van der Waals surface area (Å²) in [5.74, 6) is 0. The first-order valence-electron chi connectivity index (χ1n) is 5.07. The summed E-state index contributed by atoms with van der Waals surface area (Å²) in [4.78, 5) is 2.06. The Kier molecular flexibility index (Phi) is 11.1. The van der Waals surface area contributed by atoms with Gasteiger partial charge in [-0.25, -0.2) is 0 Å². The predicted octanol–water partition coefficient (Wildman–Crippen LogP) is 2.55. The van der Waals surface area contributed by atoms with Crippen LogP contribution >= 0.6 is 0 Å². The van der Waals surface area contributed by atoms with Crippen molar-refractivity contribution >= 4 is 0 Å². The molecule has 82 valence electrons. The van der Waals surface area contributed by atoms with Gasteiger partial charge in [-0.1, -0.05) is 33.1 Å². The molecule has 0 aliphatic carbocycles. The zero-order valence-corrected chi connectivity index (χ0v) is 10.0. The van der Waals surface area contributed by atoms with Crippen molar-refractivity contribution in [2.75, 3.05) is 20.1 Å². The molecule has 0 aromatic rings. The molecule has 0 aromatic heterocycles. The van der Waals surface area contributed by atoms with E-state index in [-0.39, 0.29) is 0 Å². The highest BCUT2D eigenvalue weighted by molar-refractivity contribution is 5.23. The van der Waals surface area contributed by atoms with Crippen molar-refractivity contribution in [1.82, 2.24) is 4.90 Å². The summed E-state index contributed by atoms with van der Waals surface area (Å²) in [6.45, 7) is 15.2. The Morgan fingerprint density at radius 1 is 1.29 bits per heavy atom. The molecule has 0 fully saturated rings. The van der Waals surface area contributed by atoms with Crippen molar-refractivity contribution in [3.05, 3.63) is 36.6 Å². The molecule has 0 radical (unpaired) electrons. The van der Waals surface area contributed by atoms with Gasteiger partial charge in [-0.3, -0.25) is 0 Å². The minimum atomic E-state index is 0.500. The van der Waals surface area contributed by atoms with Gasteiger partial charge < -0.3 is 10.6 Å². The summed E-state index contributed by atoms with van der Waals surface area (Å²) in [7, 11) is 2.00. The summed E-state index contributed by atoms with van der Waals surface area (Å²) in [5.41, 5.74) is 7.27. The molecule has 0 rings (SSSR count). The highest BCUT2D eigenvalue weighted by Gasteiger charge is 1.92. The maximum absolute atomic E-state index is 5.37. The largest absolute Gasteiger partial charge is 0.375 e. The monoisotopic (exact) mass is 196 g/mol. The van der Waals surface area contributed by atoms with Gasteiger partial charge in [0.15, 0.2) is 0 Å². The van der Waals surface area contributed by atoms with Crippen molar-refractivity contribution < 1.29 is 0 Å². The summed E-state index contributed by atoms with van der Waals surface area (Å²) >= 11 is 0. The molecule has 2 heteroatoms. The van der Waals surface area contributed by atoms with Crippen LogP contribution < -0.4 is 5.73 Å². The van der Waals surface area contributed by atoms with Crippen LogP contribution in [0.25, 0.3) is 0 Å². The quantitative estimate of drug-likeness (QED) is 0.685. The molecule has 0 atom stereocenters. The van der Waals surface area contributed by atoms with E-state index in [9.17, 15) is 0 Å². The van der Waals surface area contributed by atoms with Gasteiger partial charge in [0.25, 0.3) is 0 Å². The van der Waals surface area contributed by atoms with E-state index >= 15 is 0 Å². The summed E-state index contributed by atoms with van der Waals surface area (Å²) in [6.07, 6.45) is 3.83. The van der Waals surface area contributed by atoms with Gasteiger partial charge in [0.1, 0.15) is 0 Å². The molecular formula is C12H24N2. The number of nitrogens with zero attached hydrogens (tertiary/aromatic N) is 1. The van der Waals surface area contributed by atoms with Crippen molar-refractivity contribution in [3.63, 3.8) is 0 Å². The number of rotatable bonds is 5. The Morgan fingerprint density at radius 3 is 2.14 bits per heavy atom. The number of allylic oxidation sites excluding steroid dienone is 1. The second-order valence-corrected chi connectivity index (χ2v) is 2.70. The summed E-state index contributed by atoms with van der Waals surface area (Å²) < 4.78 is 0. The van der Waals surface area contributed by atoms with Gasteiger partial charge in [-0.05, 0) is 18.6 Å². The fourth-order valence-electron chi connectivity index (χ4n) is 0.612. The lowest BCUT2D eigenvalue weighted by Gasteiger charge is -2.16. The molecule has 0 saturated carbocycles. The van der Waals surface area contributed by atoms with E-state index in [0.717, 1.165) is 17.8 Å². The van der Waals surface area contributed by atoms with E-state index in [1.54, 1.807) is 0 Å². The lowest BCUT2D eigenvalue weighted by Crippen LogP contribution is -2.14. The Morgan fingerprint density at radius 2 is 1.79 bits per heavy atom. The van der Waals surface area contributed by atoms with Crippen molar-refractivity contribution in [2.24, 2.45) is 5.73 Å². The number of hydrogen-bond donors (Lipinski definition) is 1. The normalized spacial score (nSPS) is 9.21. The molecule has 0 aromatic carbocycles. The first-order valence-corrected chi connectivity index (χ1v) is 5.07. The van der Waals surface area contributed by atoms with E-state index in [1.807, 2.05) is 33.0 Å². The molecule has 0 unspecified atom stereocenters. The van der Waals surface area contributed by atoms with Crippen molar-refractivity contribution in [3.8, 4) is 0 Å². The second-order valence-electron chi connectivity index (χ2n) is 2.70. The molecule has 2 nitrogen and oxygen atoms in total. The van der Waals surface area contributed by atoms with E-state index in [4.69, 9.17) is 5.73 Å². The van der Waals surface area contributed by atoms with Crippen LogP contribution in [-0.4, -0.2) is 25.0 Å². The van der Waals surface area contributed by atoms with Crippen LogP contribution in [0, 0.1) is 0 Å². The molecule has 0 amide bonds. The molecule has 0 saturated heterocycles. The molecule has 2 N–H and O–H groups in total. The highest BCUT2D eigenvalue weighted by Crippen LogP contribution is 2.01. The minimum absolute atomic E-state index is 0.500. The van der Waals surface area contributed by atoms with E-state index in [1.165, 1.54) is 0 Å². The maximum Gasteiger partial charge on any atom is 0.0290 e.